The molecule has 0 radical (unpaired) electrons. The molecular weight excluding hydrogens is 202 g/mol. The quantitative estimate of drug-likeness (QED) is 0.660. The van der Waals surface area contributed by atoms with Crippen LogP contribution in [0.3, 0.4) is 0 Å². The third kappa shape index (κ3) is 5.80. The number of rotatable bonds is 8. The van der Waals surface area contributed by atoms with Gasteiger partial charge >= 0.3 is 0 Å². The van der Waals surface area contributed by atoms with Gasteiger partial charge in [-0.15, -0.1) is 0 Å². The van der Waals surface area contributed by atoms with Gasteiger partial charge in [-0.1, -0.05) is 0 Å². The molecule has 1 aromatic rings. The van der Waals surface area contributed by atoms with Gasteiger partial charge in [-0.25, -0.2) is 0 Å². The summed E-state index contributed by atoms with van der Waals surface area (Å²) < 4.78 is 5.02. The van der Waals surface area contributed by atoms with Gasteiger partial charge in [-0.3, -0.25) is 4.98 Å². The molecule has 0 aliphatic carbocycles. The second-order valence-corrected chi connectivity index (χ2v) is 3.83. The van der Waals surface area contributed by atoms with Crippen LogP contribution < -0.4 is 5.32 Å². The van der Waals surface area contributed by atoms with Crippen LogP contribution in [0.2, 0.25) is 0 Å². The van der Waals surface area contributed by atoms with E-state index in [0.717, 1.165) is 32.8 Å². The van der Waals surface area contributed by atoms with E-state index in [9.17, 15) is 0 Å². The van der Waals surface area contributed by atoms with Gasteiger partial charge in [-0.2, -0.15) is 0 Å². The van der Waals surface area contributed by atoms with Crippen LogP contribution >= 0.6 is 0 Å². The largest absolute Gasteiger partial charge is 0.383 e. The molecular formula is C12H21N3O. The summed E-state index contributed by atoms with van der Waals surface area (Å²) in [5, 5.41) is 3.40. The molecule has 0 bridgehead atoms. The zero-order valence-electron chi connectivity index (χ0n) is 10.1. The fourth-order valence-corrected chi connectivity index (χ4v) is 1.36. The van der Waals surface area contributed by atoms with Crippen LogP contribution in [0.5, 0.6) is 0 Å². The highest BCUT2D eigenvalue weighted by Gasteiger charge is 1.97. The monoisotopic (exact) mass is 223 g/mol. The first kappa shape index (κ1) is 13.1. The molecule has 0 spiro atoms. The summed E-state index contributed by atoms with van der Waals surface area (Å²) in [6.07, 6.45) is 3.64. The number of ether oxygens (including phenoxy) is 1. The topological polar surface area (TPSA) is 37.4 Å². The predicted molar refractivity (Wildman–Crippen MR) is 65.3 cm³/mol. The highest BCUT2D eigenvalue weighted by Crippen LogP contribution is 1.94. The second-order valence-electron chi connectivity index (χ2n) is 3.83. The van der Waals surface area contributed by atoms with Gasteiger partial charge < -0.3 is 15.0 Å². The van der Waals surface area contributed by atoms with Gasteiger partial charge in [0.1, 0.15) is 0 Å². The lowest BCUT2D eigenvalue weighted by Gasteiger charge is -2.16. The Hall–Kier alpha value is -0.970. The highest BCUT2D eigenvalue weighted by molar-refractivity contribution is 5.08. The lowest BCUT2D eigenvalue weighted by molar-refractivity contribution is 0.161. The number of aromatic nitrogens is 1. The van der Waals surface area contributed by atoms with E-state index in [4.69, 9.17) is 4.74 Å². The molecule has 4 nitrogen and oxygen atoms in total. The maximum absolute atomic E-state index is 5.02. The van der Waals surface area contributed by atoms with Crippen LogP contribution in [-0.4, -0.2) is 50.3 Å². The smallest absolute Gasteiger partial charge is 0.0589 e. The van der Waals surface area contributed by atoms with E-state index >= 15 is 0 Å². The first-order valence-electron chi connectivity index (χ1n) is 5.60. The average Bonchev–Trinajstić information content (AvgIpc) is 2.33. The number of nitrogens with zero attached hydrogens (tertiary/aromatic N) is 2. The SMILES string of the molecule is COCCN(C)CCNCc1ccncc1. The molecule has 0 unspecified atom stereocenters. The summed E-state index contributed by atoms with van der Waals surface area (Å²) in [7, 11) is 3.84. The molecule has 90 valence electrons. The minimum Gasteiger partial charge on any atom is -0.383 e. The number of methoxy groups -OCH3 is 1. The van der Waals surface area contributed by atoms with E-state index in [2.05, 4.69) is 22.2 Å². The van der Waals surface area contributed by atoms with Crippen molar-refractivity contribution in [3.8, 4) is 0 Å². The van der Waals surface area contributed by atoms with Gasteiger partial charge in [0.05, 0.1) is 6.61 Å². The molecule has 1 aromatic heterocycles. The van der Waals surface area contributed by atoms with E-state index in [1.807, 2.05) is 24.5 Å². The van der Waals surface area contributed by atoms with Gasteiger partial charge in [0.2, 0.25) is 0 Å². The Morgan fingerprint density at radius 2 is 2.06 bits per heavy atom. The maximum Gasteiger partial charge on any atom is 0.0589 e. The number of likely N-dealkylation sites (N-methyl/N-ethyl adjacent to an activating group) is 1. The number of hydrogen-bond donors (Lipinski definition) is 1. The summed E-state index contributed by atoms with van der Waals surface area (Å²) in [5.41, 5.74) is 1.27. The van der Waals surface area contributed by atoms with Crippen molar-refractivity contribution in [2.24, 2.45) is 0 Å². The van der Waals surface area contributed by atoms with Crippen LogP contribution in [0.15, 0.2) is 24.5 Å². The molecule has 1 heterocycles. The molecule has 1 N–H and O–H groups in total. The lowest BCUT2D eigenvalue weighted by Crippen LogP contribution is -2.31. The molecule has 16 heavy (non-hydrogen) atoms. The minimum atomic E-state index is 0.793. The average molecular weight is 223 g/mol. The molecule has 0 saturated carbocycles. The Morgan fingerprint density at radius 3 is 2.75 bits per heavy atom. The van der Waals surface area contributed by atoms with Crippen molar-refractivity contribution in [1.82, 2.24) is 15.2 Å². The van der Waals surface area contributed by atoms with Crippen molar-refractivity contribution < 1.29 is 4.74 Å². The molecule has 0 aromatic carbocycles. The zero-order chi connectivity index (χ0) is 11.6. The number of pyridine rings is 1. The fourth-order valence-electron chi connectivity index (χ4n) is 1.36. The van der Waals surface area contributed by atoms with E-state index in [0.29, 0.717) is 0 Å². The first-order chi connectivity index (χ1) is 7.83. The molecule has 0 aliphatic rings. The van der Waals surface area contributed by atoms with Gasteiger partial charge in [0.15, 0.2) is 0 Å². The van der Waals surface area contributed by atoms with E-state index in [-0.39, 0.29) is 0 Å². The van der Waals surface area contributed by atoms with Crippen molar-refractivity contribution in [3.63, 3.8) is 0 Å². The minimum absolute atomic E-state index is 0.793. The van der Waals surface area contributed by atoms with Gasteiger partial charge in [-0.05, 0) is 24.7 Å². The van der Waals surface area contributed by atoms with Crippen LogP contribution in [0.4, 0.5) is 0 Å². The Morgan fingerprint density at radius 1 is 1.31 bits per heavy atom. The van der Waals surface area contributed by atoms with E-state index < -0.39 is 0 Å². The predicted octanol–water partition coefficient (Wildman–Crippen LogP) is 0.749. The summed E-state index contributed by atoms with van der Waals surface area (Å²) in [6.45, 7) is 4.70. The third-order valence-electron chi connectivity index (χ3n) is 2.43. The molecule has 0 atom stereocenters. The molecule has 0 saturated heterocycles. The van der Waals surface area contributed by atoms with Gasteiger partial charge in [0, 0.05) is 45.7 Å². The second kappa shape index (κ2) is 8.21. The Labute approximate surface area is 97.6 Å². The van der Waals surface area contributed by atoms with Crippen LogP contribution in [0.25, 0.3) is 0 Å². The lowest BCUT2D eigenvalue weighted by atomic mass is 10.3. The van der Waals surface area contributed by atoms with Crippen molar-refractivity contribution >= 4 is 0 Å². The normalized spacial score (nSPS) is 10.9. The summed E-state index contributed by atoms with van der Waals surface area (Å²) >= 11 is 0. The molecule has 4 heteroatoms. The number of nitrogens with one attached hydrogen (secondary N) is 1. The standard InChI is InChI=1S/C12H21N3O/c1-15(9-10-16-2)8-7-14-11-12-3-5-13-6-4-12/h3-6,14H,7-11H2,1-2H3. The summed E-state index contributed by atoms with van der Waals surface area (Å²) in [6, 6.07) is 4.06. The number of hydrogen-bond acceptors (Lipinski definition) is 4. The van der Waals surface area contributed by atoms with Crippen molar-refractivity contribution in [1.29, 1.82) is 0 Å². The van der Waals surface area contributed by atoms with Crippen LogP contribution in [-0.2, 0) is 11.3 Å². The van der Waals surface area contributed by atoms with Crippen molar-refractivity contribution in [2.45, 2.75) is 6.54 Å². The van der Waals surface area contributed by atoms with Crippen LogP contribution in [0, 0.1) is 0 Å². The summed E-state index contributed by atoms with van der Waals surface area (Å²) in [5.74, 6) is 0. The fraction of sp³-hybridized carbons (Fsp3) is 0.583. The molecule has 0 amide bonds. The Kier molecular flexibility index (Phi) is 6.72. The molecule has 1 rings (SSSR count). The van der Waals surface area contributed by atoms with E-state index in [1.54, 1.807) is 7.11 Å². The Balaban J connectivity index is 2.03. The highest BCUT2D eigenvalue weighted by atomic mass is 16.5. The van der Waals surface area contributed by atoms with Crippen LogP contribution in [0.1, 0.15) is 5.56 Å². The third-order valence-corrected chi connectivity index (χ3v) is 2.43. The Bertz CT molecular complexity index is 266. The maximum atomic E-state index is 5.02. The molecule has 0 fully saturated rings. The van der Waals surface area contributed by atoms with Crippen molar-refractivity contribution in [3.05, 3.63) is 30.1 Å². The molecule has 0 aliphatic heterocycles. The first-order valence-corrected chi connectivity index (χ1v) is 5.60. The zero-order valence-corrected chi connectivity index (χ0v) is 10.1. The van der Waals surface area contributed by atoms with Crippen molar-refractivity contribution in [2.75, 3.05) is 40.4 Å². The van der Waals surface area contributed by atoms with Gasteiger partial charge in [0.25, 0.3) is 0 Å². The van der Waals surface area contributed by atoms with E-state index in [1.165, 1.54) is 5.56 Å². The summed E-state index contributed by atoms with van der Waals surface area (Å²) in [4.78, 5) is 6.24.